The van der Waals surface area contributed by atoms with Crippen LogP contribution in [0, 0.1) is 0 Å². The number of nitrogens with zero attached hydrogens (tertiary/aromatic N) is 2. The number of carbonyl (C=O) groups is 2. The van der Waals surface area contributed by atoms with Gasteiger partial charge in [0.1, 0.15) is 12.3 Å². The molecular weight excluding hydrogens is 374 g/mol. The average molecular weight is 395 g/mol. The first kappa shape index (κ1) is 18.9. The molecule has 2 heterocycles. The number of rotatable bonds is 6. The van der Waals surface area contributed by atoms with Gasteiger partial charge in [0.25, 0.3) is 6.01 Å². The van der Waals surface area contributed by atoms with Gasteiger partial charge in [0.05, 0.1) is 12.2 Å². The summed E-state index contributed by atoms with van der Waals surface area (Å²) in [6, 6.07) is 7.19. The van der Waals surface area contributed by atoms with Crippen LogP contribution in [0.5, 0.6) is 0 Å². The number of fused-ring (bicyclic) bond motifs is 5. The predicted molar refractivity (Wildman–Crippen MR) is 105 cm³/mol. The lowest BCUT2D eigenvalue weighted by Crippen LogP contribution is -2.42. The Balaban J connectivity index is 1.98. The molecule has 1 spiro atoms. The van der Waals surface area contributed by atoms with Crippen molar-refractivity contribution in [2.24, 2.45) is 0 Å². The van der Waals surface area contributed by atoms with E-state index >= 15 is 0 Å². The molecule has 0 saturated heterocycles. The van der Waals surface area contributed by atoms with E-state index in [-0.39, 0.29) is 37.3 Å². The molecule has 150 valence electrons. The Kier molecular flexibility index (Phi) is 4.50. The second-order valence-electron chi connectivity index (χ2n) is 6.82. The molecule has 0 saturated carbocycles. The van der Waals surface area contributed by atoms with Gasteiger partial charge < -0.3 is 24.5 Å². The maximum absolute atomic E-state index is 13.8. The molecule has 0 unspecified atom stereocenters. The summed E-state index contributed by atoms with van der Waals surface area (Å²) in [7, 11) is 1.52. The molecule has 1 aromatic carbocycles. The molecule has 0 bridgehead atoms. The lowest BCUT2D eigenvalue weighted by Gasteiger charge is -2.26. The van der Waals surface area contributed by atoms with Crippen LogP contribution in [-0.2, 0) is 24.5 Å². The van der Waals surface area contributed by atoms with Gasteiger partial charge in [-0.2, -0.15) is 4.98 Å². The van der Waals surface area contributed by atoms with Crippen molar-refractivity contribution in [3.05, 3.63) is 59.4 Å². The highest BCUT2D eigenvalue weighted by molar-refractivity contribution is 6.14. The molecule has 4 rings (SSSR count). The first-order chi connectivity index (χ1) is 14.0. The molecule has 8 heteroatoms. The minimum absolute atomic E-state index is 0.0628. The summed E-state index contributed by atoms with van der Waals surface area (Å²) < 4.78 is 16.0. The van der Waals surface area contributed by atoms with E-state index in [2.05, 4.69) is 11.6 Å². The van der Waals surface area contributed by atoms with E-state index in [1.54, 1.807) is 19.1 Å². The third-order valence-electron chi connectivity index (χ3n) is 5.32. The Hall–Kier alpha value is -3.39. The molecule has 2 aliphatic rings. The monoisotopic (exact) mass is 395 g/mol. The summed E-state index contributed by atoms with van der Waals surface area (Å²) in [5.74, 6) is -0.529. The fourth-order valence-corrected chi connectivity index (χ4v) is 4.19. The topological polar surface area (TPSA) is 108 Å². The van der Waals surface area contributed by atoms with Gasteiger partial charge in [0, 0.05) is 24.9 Å². The molecule has 1 aliphatic carbocycles. The van der Waals surface area contributed by atoms with Gasteiger partial charge in [-0.3, -0.25) is 4.79 Å². The second kappa shape index (κ2) is 6.89. The molecule has 1 aromatic heterocycles. The number of methoxy groups -OCH3 is 1. The normalized spacial score (nSPS) is 19.7. The fraction of sp³-hybridized carbons (Fsp3) is 0.286. The number of allylic oxidation sites excluding steroid dienone is 1. The van der Waals surface area contributed by atoms with Crippen LogP contribution >= 0.6 is 0 Å². The van der Waals surface area contributed by atoms with E-state index < -0.39 is 11.4 Å². The molecule has 2 aromatic rings. The number of aromatic nitrogens is 1. The average Bonchev–Trinajstić information content (AvgIpc) is 3.28. The highest BCUT2D eigenvalue weighted by atomic mass is 16.6. The first-order valence-corrected chi connectivity index (χ1v) is 9.15. The summed E-state index contributed by atoms with van der Waals surface area (Å²) in [6.45, 7) is 5.99. The Bertz CT molecular complexity index is 1050. The Morgan fingerprint density at radius 2 is 2.14 bits per heavy atom. The van der Waals surface area contributed by atoms with E-state index in [1.807, 2.05) is 18.2 Å². The van der Waals surface area contributed by atoms with E-state index in [4.69, 9.17) is 19.6 Å². The lowest BCUT2D eigenvalue weighted by atomic mass is 9.74. The smallest absolute Gasteiger partial charge is 0.337 e. The van der Waals surface area contributed by atoms with Gasteiger partial charge in [-0.1, -0.05) is 30.3 Å². The number of esters is 1. The van der Waals surface area contributed by atoms with Crippen LogP contribution in [0.1, 0.15) is 18.2 Å². The summed E-state index contributed by atoms with van der Waals surface area (Å²) in [5.41, 5.74) is 6.66. The van der Waals surface area contributed by atoms with Crippen molar-refractivity contribution >= 4 is 17.9 Å². The Labute approximate surface area is 167 Å². The van der Waals surface area contributed by atoms with Gasteiger partial charge in [-0.15, -0.1) is 6.58 Å². The minimum Gasteiger partial charge on any atom is -0.460 e. The van der Waals surface area contributed by atoms with E-state index in [0.29, 0.717) is 28.3 Å². The molecular formula is C21H21N3O5. The molecule has 0 radical (unpaired) electrons. The lowest BCUT2D eigenvalue weighted by molar-refractivity contribution is -0.142. The van der Waals surface area contributed by atoms with Crippen LogP contribution in [0.2, 0.25) is 0 Å². The van der Waals surface area contributed by atoms with Crippen LogP contribution in [0.3, 0.4) is 0 Å². The summed E-state index contributed by atoms with van der Waals surface area (Å²) in [6.07, 6.45) is 1.60. The van der Waals surface area contributed by atoms with E-state index in [1.165, 1.54) is 12.0 Å². The van der Waals surface area contributed by atoms with Gasteiger partial charge in [-0.25, -0.2) is 4.79 Å². The number of ether oxygens (including phenoxy) is 2. The number of benzene rings is 1. The maximum atomic E-state index is 13.8. The number of hydrogen-bond donors (Lipinski definition) is 1. The molecule has 29 heavy (non-hydrogen) atoms. The van der Waals surface area contributed by atoms with Crippen molar-refractivity contribution in [3.8, 4) is 11.3 Å². The quantitative estimate of drug-likeness (QED) is 0.453. The highest BCUT2D eigenvalue weighted by Gasteiger charge is 2.63. The Morgan fingerprint density at radius 1 is 1.38 bits per heavy atom. The number of oxazole rings is 1. The van der Waals surface area contributed by atoms with Crippen molar-refractivity contribution in [2.45, 2.75) is 12.3 Å². The third-order valence-corrected chi connectivity index (χ3v) is 5.32. The van der Waals surface area contributed by atoms with Gasteiger partial charge >= 0.3 is 5.97 Å². The van der Waals surface area contributed by atoms with Crippen LogP contribution in [0.15, 0.2) is 52.6 Å². The highest BCUT2D eigenvalue weighted by Crippen LogP contribution is 2.57. The number of amides is 1. The van der Waals surface area contributed by atoms with Crippen molar-refractivity contribution in [1.82, 2.24) is 9.88 Å². The van der Waals surface area contributed by atoms with Gasteiger partial charge in [0.15, 0.2) is 11.2 Å². The Morgan fingerprint density at radius 3 is 2.86 bits per heavy atom. The summed E-state index contributed by atoms with van der Waals surface area (Å²) in [5, 5.41) is 0. The number of hydrogen-bond acceptors (Lipinski definition) is 7. The molecule has 1 aliphatic heterocycles. The minimum atomic E-state index is -1.47. The molecule has 2 N–H and O–H groups in total. The molecule has 1 amide bonds. The number of nitrogens with two attached hydrogens (primary N) is 1. The molecule has 8 nitrogen and oxygen atoms in total. The van der Waals surface area contributed by atoms with E-state index in [0.717, 1.165) is 0 Å². The van der Waals surface area contributed by atoms with Crippen molar-refractivity contribution in [3.63, 3.8) is 0 Å². The number of carbonyl (C=O) groups excluding carboxylic acids is 2. The van der Waals surface area contributed by atoms with Gasteiger partial charge in [0.2, 0.25) is 5.91 Å². The molecule has 0 fully saturated rings. The third kappa shape index (κ3) is 2.45. The van der Waals surface area contributed by atoms with Crippen molar-refractivity contribution in [2.75, 3.05) is 32.6 Å². The predicted octanol–water partition coefficient (Wildman–Crippen LogP) is 2.02. The van der Waals surface area contributed by atoms with Crippen molar-refractivity contribution in [1.29, 1.82) is 0 Å². The van der Waals surface area contributed by atoms with Crippen LogP contribution in [-0.4, -0.2) is 48.6 Å². The molecule has 1 atom stereocenters. The zero-order chi connectivity index (χ0) is 20.8. The largest absolute Gasteiger partial charge is 0.460 e. The zero-order valence-corrected chi connectivity index (χ0v) is 16.2. The summed E-state index contributed by atoms with van der Waals surface area (Å²) >= 11 is 0. The fourth-order valence-electron chi connectivity index (χ4n) is 4.19. The van der Waals surface area contributed by atoms with Gasteiger partial charge in [-0.05, 0) is 12.5 Å². The number of anilines is 1. The summed E-state index contributed by atoms with van der Waals surface area (Å²) in [4.78, 5) is 32.8. The van der Waals surface area contributed by atoms with Crippen LogP contribution < -0.4 is 5.73 Å². The van der Waals surface area contributed by atoms with Crippen molar-refractivity contribution < 1.29 is 23.5 Å². The van der Waals surface area contributed by atoms with E-state index in [9.17, 15) is 9.59 Å². The van der Waals surface area contributed by atoms with Crippen LogP contribution in [0.25, 0.3) is 11.3 Å². The zero-order valence-electron chi connectivity index (χ0n) is 16.2. The van der Waals surface area contributed by atoms with Crippen LogP contribution in [0.4, 0.5) is 6.01 Å². The second-order valence-corrected chi connectivity index (χ2v) is 6.82. The first-order valence-electron chi connectivity index (χ1n) is 9.15. The SMILES string of the molecule is C=CCN1C(=O)[C@@]2(C(C(=O)OCCOC)=C1C)c1ccccc1-c1oc(N)nc12. The maximum Gasteiger partial charge on any atom is 0.337 e. The standard InChI is InChI=1S/C21H21N3O5/c1-4-9-24-12(2)15(18(25)28-11-10-27-3)21(19(24)26)14-8-6-5-7-13(14)16-17(21)23-20(22)29-16/h4-8H,1,9-11H2,2-3H3,(H2,22,23)/t21-/m1/s1. The number of nitrogen functional groups attached to an aromatic ring is 1.